The lowest BCUT2D eigenvalue weighted by atomic mass is 9.96. The summed E-state index contributed by atoms with van der Waals surface area (Å²) >= 11 is 0. The van der Waals surface area contributed by atoms with E-state index in [0.29, 0.717) is 0 Å². The van der Waals surface area contributed by atoms with Crippen molar-refractivity contribution >= 4 is 0 Å². The molecular weight excluding hydrogens is 219 g/mol. The second-order valence-corrected chi connectivity index (χ2v) is 3.30. The predicted octanol–water partition coefficient (Wildman–Crippen LogP) is 3.34. The second kappa shape index (κ2) is 4.44. The van der Waals surface area contributed by atoms with Gasteiger partial charge in [-0.1, -0.05) is 6.07 Å². The van der Waals surface area contributed by atoms with Crippen molar-refractivity contribution in [3.05, 3.63) is 29.3 Å². The van der Waals surface area contributed by atoms with Crippen molar-refractivity contribution in [3.8, 4) is 11.8 Å². The van der Waals surface area contributed by atoms with Gasteiger partial charge in [-0.05, 0) is 24.6 Å². The molecule has 0 heterocycles. The van der Waals surface area contributed by atoms with E-state index in [0.717, 1.165) is 6.07 Å². The smallest absolute Gasteiger partial charge is 0.416 e. The Balaban J connectivity index is 3.34. The molecule has 86 valence electrons. The van der Waals surface area contributed by atoms with Crippen LogP contribution >= 0.6 is 0 Å². The molecular formula is C11H10F3NO. The van der Waals surface area contributed by atoms with Crippen LogP contribution in [0.25, 0.3) is 0 Å². The van der Waals surface area contributed by atoms with E-state index in [1.54, 1.807) is 6.07 Å². The minimum Gasteiger partial charge on any atom is -0.497 e. The molecule has 0 saturated carbocycles. The van der Waals surface area contributed by atoms with E-state index in [-0.39, 0.29) is 11.3 Å². The van der Waals surface area contributed by atoms with E-state index in [4.69, 9.17) is 10.00 Å². The predicted molar refractivity (Wildman–Crippen MR) is 52.0 cm³/mol. The number of methoxy groups -OCH3 is 1. The minimum absolute atomic E-state index is 0.0317. The molecule has 2 nitrogen and oxygen atoms in total. The van der Waals surface area contributed by atoms with Gasteiger partial charge in [0.2, 0.25) is 0 Å². The van der Waals surface area contributed by atoms with E-state index in [9.17, 15) is 13.2 Å². The number of halogens is 3. The topological polar surface area (TPSA) is 33.0 Å². The Labute approximate surface area is 91.3 Å². The van der Waals surface area contributed by atoms with Gasteiger partial charge in [0.15, 0.2) is 0 Å². The molecule has 0 N–H and O–H groups in total. The first-order valence-electron chi connectivity index (χ1n) is 4.55. The lowest BCUT2D eigenvalue weighted by Crippen LogP contribution is -2.10. The van der Waals surface area contributed by atoms with Gasteiger partial charge in [0.1, 0.15) is 5.75 Å². The fourth-order valence-corrected chi connectivity index (χ4v) is 1.35. The van der Waals surface area contributed by atoms with E-state index < -0.39 is 17.7 Å². The average molecular weight is 229 g/mol. The highest BCUT2D eigenvalue weighted by atomic mass is 19.4. The minimum atomic E-state index is -4.48. The Hall–Kier alpha value is -1.70. The molecule has 1 unspecified atom stereocenters. The van der Waals surface area contributed by atoms with Crippen LogP contribution in [0.5, 0.6) is 5.75 Å². The lowest BCUT2D eigenvalue weighted by Gasteiger charge is -2.15. The summed E-state index contributed by atoms with van der Waals surface area (Å²) in [4.78, 5) is 0. The summed E-state index contributed by atoms with van der Waals surface area (Å²) in [7, 11) is 1.29. The zero-order valence-electron chi connectivity index (χ0n) is 8.80. The average Bonchev–Trinajstić information content (AvgIpc) is 2.26. The van der Waals surface area contributed by atoms with Crippen LogP contribution in [0.2, 0.25) is 0 Å². The molecule has 0 aliphatic rings. The Kier molecular flexibility index (Phi) is 3.43. The summed E-state index contributed by atoms with van der Waals surface area (Å²) < 4.78 is 42.8. The maximum absolute atomic E-state index is 12.7. The van der Waals surface area contributed by atoms with Gasteiger partial charge in [0.05, 0.1) is 24.7 Å². The monoisotopic (exact) mass is 229 g/mol. The highest BCUT2D eigenvalue weighted by Crippen LogP contribution is 2.37. The number of alkyl halides is 3. The zero-order chi connectivity index (χ0) is 12.3. The normalized spacial score (nSPS) is 13.0. The largest absolute Gasteiger partial charge is 0.497 e. The molecule has 0 radical (unpaired) electrons. The van der Waals surface area contributed by atoms with Crippen molar-refractivity contribution in [2.75, 3.05) is 7.11 Å². The molecule has 0 amide bonds. The molecule has 0 saturated heterocycles. The molecule has 0 aromatic heterocycles. The first kappa shape index (κ1) is 12.4. The molecule has 0 aliphatic carbocycles. The number of hydrogen-bond acceptors (Lipinski definition) is 2. The third kappa shape index (κ3) is 2.45. The van der Waals surface area contributed by atoms with Crippen LogP contribution < -0.4 is 4.74 Å². The fourth-order valence-electron chi connectivity index (χ4n) is 1.35. The summed E-state index contributed by atoms with van der Waals surface area (Å²) in [6.07, 6.45) is -4.48. The van der Waals surface area contributed by atoms with Crippen LogP contribution in [0.4, 0.5) is 13.2 Å². The fraction of sp³-hybridized carbons (Fsp3) is 0.364. The SMILES string of the molecule is COc1ccc(C(C)C#N)c(C(F)(F)F)c1. The van der Waals surface area contributed by atoms with Crippen LogP contribution in [0.3, 0.4) is 0 Å². The van der Waals surface area contributed by atoms with Crippen molar-refractivity contribution in [3.63, 3.8) is 0 Å². The zero-order valence-corrected chi connectivity index (χ0v) is 8.80. The summed E-state index contributed by atoms with van der Waals surface area (Å²) in [5.41, 5.74) is -0.850. The van der Waals surface area contributed by atoms with Gasteiger partial charge in [-0.15, -0.1) is 0 Å². The highest BCUT2D eigenvalue weighted by molar-refractivity contribution is 5.41. The second-order valence-electron chi connectivity index (χ2n) is 3.30. The van der Waals surface area contributed by atoms with E-state index in [1.165, 1.54) is 26.2 Å². The Morgan fingerprint density at radius 3 is 2.44 bits per heavy atom. The number of nitrogens with zero attached hydrogens (tertiary/aromatic N) is 1. The first-order chi connectivity index (χ1) is 7.40. The van der Waals surface area contributed by atoms with Crippen molar-refractivity contribution in [2.24, 2.45) is 0 Å². The standard InChI is InChI=1S/C11H10F3NO/c1-7(6-15)9-4-3-8(16-2)5-10(9)11(12,13)14/h3-5,7H,1-2H3. The van der Waals surface area contributed by atoms with Gasteiger partial charge < -0.3 is 4.74 Å². The van der Waals surface area contributed by atoms with E-state index in [2.05, 4.69) is 0 Å². The first-order valence-corrected chi connectivity index (χ1v) is 4.55. The third-order valence-corrected chi connectivity index (χ3v) is 2.23. The number of rotatable bonds is 2. The van der Waals surface area contributed by atoms with Crippen LogP contribution in [-0.2, 0) is 6.18 Å². The molecule has 1 aromatic carbocycles. The number of ether oxygens (including phenoxy) is 1. The van der Waals surface area contributed by atoms with Crippen LogP contribution in [-0.4, -0.2) is 7.11 Å². The van der Waals surface area contributed by atoms with Gasteiger partial charge >= 0.3 is 6.18 Å². The van der Waals surface area contributed by atoms with Crippen LogP contribution in [0, 0.1) is 11.3 Å². The molecule has 0 aliphatic heterocycles. The van der Waals surface area contributed by atoms with E-state index >= 15 is 0 Å². The molecule has 0 fully saturated rings. The lowest BCUT2D eigenvalue weighted by molar-refractivity contribution is -0.138. The van der Waals surface area contributed by atoms with Gasteiger partial charge in [0, 0.05) is 0 Å². The Morgan fingerprint density at radius 2 is 2.00 bits per heavy atom. The number of nitriles is 1. The molecule has 5 heteroatoms. The van der Waals surface area contributed by atoms with Gasteiger partial charge in [-0.2, -0.15) is 18.4 Å². The molecule has 0 spiro atoms. The Morgan fingerprint density at radius 1 is 1.38 bits per heavy atom. The van der Waals surface area contributed by atoms with Crippen molar-refractivity contribution < 1.29 is 17.9 Å². The summed E-state index contributed by atoms with van der Waals surface area (Å²) in [6, 6.07) is 5.38. The summed E-state index contributed by atoms with van der Waals surface area (Å²) in [5.74, 6) is -0.677. The van der Waals surface area contributed by atoms with E-state index in [1.807, 2.05) is 0 Å². The van der Waals surface area contributed by atoms with Crippen molar-refractivity contribution in [2.45, 2.75) is 19.0 Å². The molecule has 1 atom stereocenters. The van der Waals surface area contributed by atoms with Gasteiger partial charge in [-0.25, -0.2) is 0 Å². The van der Waals surface area contributed by atoms with Crippen molar-refractivity contribution in [1.82, 2.24) is 0 Å². The summed E-state index contributed by atoms with van der Waals surface area (Å²) in [5, 5.41) is 8.66. The molecule has 16 heavy (non-hydrogen) atoms. The third-order valence-electron chi connectivity index (χ3n) is 2.23. The van der Waals surface area contributed by atoms with Gasteiger partial charge in [-0.3, -0.25) is 0 Å². The van der Waals surface area contributed by atoms with Crippen LogP contribution in [0.15, 0.2) is 18.2 Å². The maximum atomic E-state index is 12.7. The van der Waals surface area contributed by atoms with Crippen LogP contribution in [0.1, 0.15) is 24.0 Å². The highest BCUT2D eigenvalue weighted by Gasteiger charge is 2.35. The Bertz CT molecular complexity index is 420. The number of hydrogen-bond donors (Lipinski definition) is 0. The maximum Gasteiger partial charge on any atom is 0.416 e. The summed E-state index contributed by atoms with van der Waals surface area (Å²) in [6.45, 7) is 1.43. The quantitative estimate of drug-likeness (QED) is 0.779. The molecule has 1 aromatic rings. The van der Waals surface area contributed by atoms with Crippen molar-refractivity contribution in [1.29, 1.82) is 5.26 Å². The molecule has 1 rings (SSSR count). The molecule has 0 bridgehead atoms. The number of benzene rings is 1. The van der Waals surface area contributed by atoms with Gasteiger partial charge in [0.25, 0.3) is 0 Å².